The average Bonchev–Trinajstić information content (AvgIpc) is 3.45. The summed E-state index contributed by atoms with van der Waals surface area (Å²) in [7, 11) is 0. The van der Waals surface area contributed by atoms with Crippen molar-refractivity contribution in [3.8, 4) is 6.07 Å². The smallest absolute Gasteiger partial charge is 0.256 e. The molecule has 0 unspecified atom stereocenters. The lowest BCUT2D eigenvalue weighted by atomic mass is 9.96. The number of anilines is 2. The first-order valence-corrected chi connectivity index (χ1v) is 12.4. The summed E-state index contributed by atoms with van der Waals surface area (Å²) in [6.45, 7) is 7.34. The monoisotopic (exact) mass is 488 g/mol. The van der Waals surface area contributed by atoms with Gasteiger partial charge in [0.1, 0.15) is 5.82 Å². The molecule has 3 atom stereocenters. The minimum Gasteiger partial charge on any atom is -0.390 e. The molecule has 4 heterocycles. The Bertz CT molecular complexity index is 1360. The van der Waals surface area contributed by atoms with Gasteiger partial charge >= 0.3 is 0 Å². The average molecular weight is 489 g/mol. The Hall–Kier alpha value is -3.68. The first-order valence-electron chi connectivity index (χ1n) is 12.4. The summed E-state index contributed by atoms with van der Waals surface area (Å²) < 4.78 is 1.75. The number of hydrogen-bond donors (Lipinski definition) is 3. The van der Waals surface area contributed by atoms with Crippen LogP contribution in [0.1, 0.15) is 58.0 Å². The van der Waals surface area contributed by atoms with Crippen LogP contribution in [-0.2, 0) is 0 Å². The number of aromatic nitrogens is 3. The van der Waals surface area contributed by atoms with Crippen LogP contribution >= 0.6 is 0 Å². The van der Waals surface area contributed by atoms with Crippen molar-refractivity contribution in [3.63, 3.8) is 0 Å². The zero-order chi connectivity index (χ0) is 25.6. The Morgan fingerprint density at radius 2 is 2.00 bits per heavy atom. The van der Waals surface area contributed by atoms with Gasteiger partial charge in [0.05, 0.1) is 41.1 Å². The van der Waals surface area contributed by atoms with Gasteiger partial charge in [0.2, 0.25) is 0 Å². The Morgan fingerprint density at radius 3 is 2.72 bits per heavy atom. The quantitative estimate of drug-likeness (QED) is 0.377. The molecule has 10 nitrogen and oxygen atoms in total. The number of hydrazine groups is 1. The molecule has 1 amide bonds. The SMILES string of the molecule is Cc1cc(C)c(NN)c(C(=O)N2CCCC[C@H]2c2cc3nc(N4C[C@@H](C#N)[C@@H](O)C4)c(C)cn3n2)c1. The molecular weight excluding hydrogens is 456 g/mol. The lowest BCUT2D eigenvalue weighted by Gasteiger charge is -2.35. The number of hydrogen-bond acceptors (Lipinski definition) is 8. The van der Waals surface area contributed by atoms with E-state index in [1.165, 1.54) is 0 Å². The van der Waals surface area contributed by atoms with Crippen LogP contribution < -0.4 is 16.2 Å². The summed E-state index contributed by atoms with van der Waals surface area (Å²) in [5.74, 6) is 6.05. The number of nitrogens with one attached hydrogen (secondary N) is 1. The highest BCUT2D eigenvalue weighted by Gasteiger charge is 2.34. The number of nitrogens with zero attached hydrogens (tertiary/aromatic N) is 6. The van der Waals surface area contributed by atoms with E-state index in [4.69, 9.17) is 15.9 Å². The van der Waals surface area contributed by atoms with Gasteiger partial charge < -0.3 is 20.3 Å². The molecule has 10 heteroatoms. The van der Waals surface area contributed by atoms with E-state index >= 15 is 0 Å². The third-order valence-corrected chi connectivity index (χ3v) is 7.34. The number of rotatable bonds is 4. The summed E-state index contributed by atoms with van der Waals surface area (Å²) in [5, 5.41) is 24.3. The lowest BCUT2D eigenvalue weighted by molar-refractivity contribution is 0.0606. The number of aliphatic hydroxyl groups is 1. The van der Waals surface area contributed by atoms with Crippen LogP contribution in [0.2, 0.25) is 0 Å². The molecule has 2 aliphatic heterocycles. The van der Waals surface area contributed by atoms with Crippen LogP contribution in [0.4, 0.5) is 11.5 Å². The second kappa shape index (κ2) is 9.41. The highest BCUT2D eigenvalue weighted by molar-refractivity contribution is 6.00. The summed E-state index contributed by atoms with van der Waals surface area (Å²) >= 11 is 0. The number of fused-ring (bicyclic) bond motifs is 1. The molecule has 188 valence electrons. The van der Waals surface area contributed by atoms with Gasteiger partial charge in [0, 0.05) is 37.5 Å². The molecule has 2 aromatic heterocycles. The van der Waals surface area contributed by atoms with Gasteiger partial charge in [-0.2, -0.15) is 10.4 Å². The van der Waals surface area contributed by atoms with Crippen LogP contribution in [0, 0.1) is 38.0 Å². The molecule has 36 heavy (non-hydrogen) atoms. The van der Waals surface area contributed by atoms with Gasteiger partial charge in [-0.25, -0.2) is 9.50 Å². The Labute approximate surface area is 210 Å². The van der Waals surface area contributed by atoms with E-state index in [2.05, 4.69) is 11.5 Å². The number of nitrogens with two attached hydrogens (primary N) is 1. The van der Waals surface area contributed by atoms with Crippen molar-refractivity contribution in [1.82, 2.24) is 19.5 Å². The highest BCUT2D eigenvalue weighted by atomic mass is 16.3. The minimum atomic E-state index is -0.687. The van der Waals surface area contributed by atoms with E-state index in [9.17, 15) is 15.2 Å². The van der Waals surface area contributed by atoms with E-state index < -0.39 is 12.0 Å². The standard InChI is InChI=1S/C26H32N8O2/c1-15-8-16(2)24(30-28)19(9-15)26(36)33-7-5-4-6-21(33)20-10-23-29-25(17(3)12-34(23)31-20)32-13-18(11-27)22(35)14-32/h8-10,12,18,21-22,30,35H,4-7,13-14,28H2,1-3H3/t18-,21+,22+/m1/s1. The van der Waals surface area contributed by atoms with Crippen LogP contribution in [-0.4, -0.2) is 56.2 Å². The number of carbonyl (C=O) groups excluding carboxylic acids is 1. The number of likely N-dealkylation sites (tertiary alicyclic amines) is 1. The topological polar surface area (TPSA) is 136 Å². The van der Waals surface area contributed by atoms with E-state index in [1.54, 1.807) is 4.52 Å². The normalized spacial score (nSPS) is 22.2. The third-order valence-electron chi connectivity index (χ3n) is 7.34. The molecule has 2 fully saturated rings. The fourth-order valence-corrected chi connectivity index (χ4v) is 5.55. The third kappa shape index (κ3) is 4.14. The van der Waals surface area contributed by atoms with Crippen LogP contribution in [0.15, 0.2) is 24.4 Å². The summed E-state index contributed by atoms with van der Waals surface area (Å²) in [6, 6.07) is 7.84. The Morgan fingerprint density at radius 1 is 1.19 bits per heavy atom. The number of aliphatic hydroxyl groups excluding tert-OH is 1. The van der Waals surface area contributed by atoms with Crippen LogP contribution in [0.5, 0.6) is 0 Å². The molecule has 1 aromatic carbocycles. The van der Waals surface area contributed by atoms with E-state index in [-0.39, 0.29) is 11.9 Å². The number of nitriles is 1. The predicted molar refractivity (Wildman–Crippen MR) is 136 cm³/mol. The molecule has 3 aromatic rings. The van der Waals surface area contributed by atoms with Crippen molar-refractivity contribution in [2.45, 2.75) is 52.2 Å². The molecule has 0 saturated carbocycles. The van der Waals surface area contributed by atoms with Crippen molar-refractivity contribution in [2.24, 2.45) is 11.8 Å². The lowest BCUT2D eigenvalue weighted by Crippen LogP contribution is -2.39. The fraction of sp³-hybridized carbons (Fsp3) is 0.462. The van der Waals surface area contributed by atoms with E-state index in [1.807, 2.05) is 55.0 Å². The maximum absolute atomic E-state index is 13.8. The highest BCUT2D eigenvalue weighted by Crippen LogP contribution is 2.34. The molecule has 0 spiro atoms. The maximum atomic E-state index is 13.8. The summed E-state index contributed by atoms with van der Waals surface area (Å²) in [6.07, 6.45) is 4.00. The van der Waals surface area contributed by atoms with Crippen LogP contribution in [0.3, 0.4) is 0 Å². The van der Waals surface area contributed by atoms with Crippen molar-refractivity contribution < 1.29 is 9.90 Å². The summed E-state index contributed by atoms with van der Waals surface area (Å²) in [4.78, 5) is 22.5. The number of amides is 1. The van der Waals surface area contributed by atoms with Gasteiger partial charge in [-0.05, 0) is 57.2 Å². The maximum Gasteiger partial charge on any atom is 0.256 e. The Kier molecular flexibility index (Phi) is 6.28. The number of aryl methyl sites for hydroxylation is 3. The fourth-order valence-electron chi connectivity index (χ4n) is 5.55. The van der Waals surface area contributed by atoms with Crippen molar-refractivity contribution in [2.75, 3.05) is 30.0 Å². The first-order chi connectivity index (χ1) is 17.3. The van der Waals surface area contributed by atoms with Crippen LogP contribution in [0.25, 0.3) is 5.65 Å². The second-order valence-corrected chi connectivity index (χ2v) is 9.99. The minimum absolute atomic E-state index is 0.0602. The van der Waals surface area contributed by atoms with Crippen molar-refractivity contribution >= 4 is 23.1 Å². The molecule has 0 radical (unpaired) electrons. The number of β-amino-alcohol motifs (C(OH)–C–C–N with tert-alkyl or cyclic N) is 1. The Balaban J connectivity index is 1.48. The van der Waals surface area contributed by atoms with Gasteiger partial charge in [-0.1, -0.05) is 6.07 Å². The van der Waals surface area contributed by atoms with E-state index in [0.717, 1.165) is 47.5 Å². The molecule has 0 bridgehead atoms. The molecular formula is C26H32N8O2. The number of piperidine rings is 1. The van der Waals surface area contributed by atoms with Crippen molar-refractivity contribution in [1.29, 1.82) is 5.26 Å². The van der Waals surface area contributed by atoms with Gasteiger partial charge in [-0.3, -0.25) is 10.6 Å². The first kappa shape index (κ1) is 24.0. The number of benzene rings is 1. The molecule has 5 rings (SSSR count). The van der Waals surface area contributed by atoms with Crippen molar-refractivity contribution in [3.05, 3.63) is 52.3 Å². The molecule has 2 aliphatic rings. The molecule has 0 aliphatic carbocycles. The number of carbonyl (C=O) groups is 1. The summed E-state index contributed by atoms with van der Waals surface area (Å²) in [5.41, 5.74) is 8.26. The second-order valence-electron chi connectivity index (χ2n) is 9.99. The van der Waals surface area contributed by atoms with Gasteiger partial charge in [-0.15, -0.1) is 0 Å². The zero-order valence-corrected chi connectivity index (χ0v) is 20.9. The number of nitrogen functional groups attached to an aromatic ring is 1. The predicted octanol–water partition coefficient (Wildman–Crippen LogP) is 2.63. The van der Waals surface area contributed by atoms with Gasteiger partial charge in [0.25, 0.3) is 5.91 Å². The zero-order valence-electron chi connectivity index (χ0n) is 20.9. The largest absolute Gasteiger partial charge is 0.390 e. The molecule has 4 N–H and O–H groups in total. The van der Waals surface area contributed by atoms with Gasteiger partial charge in [0.15, 0.2) is 5.65 Å². The van der Waals surface area contributed by atoms with E-state index in [0.29, 0.717) is 36.5 Å². The molecule has 2 saturated heterocycles.